The number of nitrogens with zero attached hydrogens (tertiary/aromatic N) is 3. The highest BCUT2D eigenvalue weighted by Crippen LogP contribution is 2.38. The Hall–Kier alpha value is -3.35. The molecule has 0 unspecified atom stereocenters. The van der Waals surface area contributed by atoms with Gasteiger partial charge in [0.25, 0.3) is 5.91 Å². The lowest BCUT2D eigenvalue weighted by Gasteiger charge is -2.20. The minimum absolute atomic E-state index is 0.00894. The Morgan fingerprint density at radius 1 is 1.17 bits per heavy atom. The summed E-state index contributed by atoms with van der Waals surface area (Å²) in [7, 11) is -2.17. The maximum absolute atomic E-state index is 12.6. The van der Waals surface area contributed by atoms with Crippen molar-refractivity contribution < 1.29 is 27.4 Å². The molecule has 0 fully saturated rings. The monoisotopic (exact) mass is 534 g/mol. The van der Waals surface area contributed by atoms with Crippen LogP contribution in [0.3, 0.4) is 0 Å². The number of rotatable bonds is 7. The number of amidine groups is 2. The number of methoxy groups -OCH3 is 1. The second-order valence-corrected chi connectivity index (χ2v) is 10.8. The minimum Gasteiger partial charge on any atom is -0.493 e. The van der Waals surface area contributed by atoms with E-state index < -0.39 is 15.7 Å². The molecule has 2 aromatic rings. The Morgan fingerprint density at radius 2 is 1.89 bits per heavy atom. The molecule has 1 amide bonds. The number of ether oxygens (including phenoxy) is 3. The predicted octanol–water partition coefficient (Wildman–Crippen LogP) is 3.43. The summed E-state index contributed by atoms with van der Waals surface area (Å²) in [6.45, 7) is 0.491. The Labute approximate surface area is 210 Å². The Balaban J connectivity index is 1.53. The van der Waals surface area contributed by atoms with Crippen LogP contribution in [-0.4, -0.2) is 61.3 Å². The Morgan fingerprint density at radius 3 is 2.57 bits per heavy atom. The van der Waals surface area contributed by atoms with E-state index in [2.05, 4.69) is 10.1 Å². The molecule has 0 aliphatic carbocycles. The molecular weight excluding hydrogens is 516 g/mol. The van der Waals surface area contributed by atoms with Gasteiger partial charge in [-0.1, -0.05) is 29.8 Å². The maximum atomic E-state index is 12.6. The summed E-state index contributed by atoms with van der Waals surface area (Å²) >= 11 is 7.13. The number of hydrogen-bond acceptors (Lipinski definition) is 9. The maximum Gasteiger partial charge on any atom is 0.283 e. The number of carbonyl (C=O) groups is 1. The number of nitrogens with one attached hydrogen (secondary N) is 1. The van der Waals surface area contributed by atoms with Crippen molar-refractivity contribution in [1.82, 2.24) is 5.01 Å². The first-order chi connectivity index (χ1) is 16.7. The second-order valence-electron chi connectivity index (χ2n) is 7.20. The summed E-state index contributed by atoms with van der Waals surface area (Å²) in [5.74, 6) is 0.326. The lowest BCUT2D eigenvalue weighted by atomic mass is 10.1. The zero-order chi connectivity index (χ0) is 25.2. The van der Waals surface area contributed by atoms with Crippen molar-refractivity contribution in [2.75, 3.05) is 26.6 Å². The molecule has 0 saturated heterocycles. The Bertz CT molecular complexity index is 1390. The molecule has 13 heteroatoms. The molecule has 4 rings (SSSR count). The van der Waals surface area contributed by atoms with Crippen molar-refractivity contribution in [2.45, 2.75) is 0 Å². The van der Waals surface area contributed by atoms with Gasteiger partial charge in [0.15, 0.2) is 17.3 Å². The molecule has 0 atom stereocenters. The number of para-hydroxylation sites is 1. The van der Waals surface area contributed by atoms with Crippen LogP contribution in [0, 0.1) is 5.41 Å². The van der Waals surface area contributed by atoms with E-state index in [-0.39, 0.29) is 39.2 Å². The third-order valence-corrected chi connectivity index (χ3v) is 7.52. The van der Waals surface area contributed by atoms with Crippen molar-refractivity contribution >= 4 is 60.6 Å². The number of sulfone groups is 1. The van der Waals surface area contributed by atoms with E-state index in [9.17, 15) is 13.2 Å². The number of amides is 1. The number of hydrazone groups is 1. The largest absolute Gasteiger partial charge is 0.493 e. The molecule has 0 radical (unpaired) electrons. The molecule has 0 spiro atoms. The highest BCUT2D eigenvalue weighted by atomic mass is 35.5. The van der Waals surface area contributed by atoms with E-state index >= 15 is 0 Å². The molecule has 0 aromatic heterocycles. The van der Waals surface area contributed by atoms with Crippen molar-refractivity contribution in [1.29, 1.82) is 5.41 Å². The van der Waals surface area contributed by atoms with Gasteiger partial charge in [-0.2, -0.15) is 10.0 Å². The van der Waals surface area contributed by atoms with Gasteiger partial charge in [0.1, 0.15) is 19.0 Å². The summed E-state index contributed by atoms with van der Waals surface area (Å²) in [5.41, 5.74) is 0.363. The van der Waals surface area contributed by atoms with Crippen molar-refractivity contribution in [3.05, 3.63) is 58.6 Å². The lowest BCUT2D eigenvalue weighted by Crippen LogP contribution is -2.35. The van der Waals surface area contributed by atoms with Gasteiger partial charge in [-0.05, 0) is 47.7 Å². The molecule has 35 heavy (non-hydrogen) atoms. The van der Waals surface area contributed by atoms with Gasteiger partial charge < -0.3 is 14.2 Å². The number of aliphatic imine (C=N–C) groups is 1. The van der Waals surface area contributed by atoms with E-state index in [1.807, 2.05) is 30.3 Å². The molecule has 0 bridgehead atoms. The van der Waals surface area contributed by atoms with Crippen LogP contribution in [0.5, 0.6) is 17.2 Å². The summed E-state index contributed by atoms with van der Waals surface area (Å²) < 4.78 is 40.1. The number of carbonyl (C=O) groups excluding carboxylic acids is 1. The number of hydrogen-bond donors (Lipinski definition) is 1. The van der Waals surface area contributed by atoms with Crippen LogP contribution >= 0.6 is 23.4 Å². The van der Waals surface area contributed by atoms with Gasteiger partial charge >= 0.3 is 0 Å². The van der Waals surface area contributed by atoms with Crippen LogP contribution < -0.4 is 14.2 Å². The van der Waals surface area contributed by atoms with E-state index in [0.717, 1.165) is 11.3 Å². The van der Waals surface area contributed by atoms with Crippen LogP contribution in [0.2, 0.25) is 5.02 Å². The van der Waals surface area contributed by atoms with Crippen LogP contribution in [0.1, 0.15) is 5.56 Å². The molecule has 182 valence electrons. The first-order valence-corrected chi connectivity index (χ1v) is 13.1. The third kappa shape index (κ3) is 5.50. The molecule has 1 N–H and O–H groups in total. The van der Waals surface area contributed by atoms with Gasteiger partial charge in [0, 0.05) is 6.26 Å². The molecule has 2 aromatic carbocycles. The SMILES string of the molecule is COc1cc(/C=C2/C(=N)N3N=C(S(C)(=O)=O)SC3=NC2=O)cc(Cl)c1OCCOc1ccccc1. The topological polar surface area (TPSA) is 131 Å². The molecule has 2 heterocycles. The van der Waals surface area contributed by atoms with Crippen LogP contribution in [-0.2, 0) is 14.6 Å². The van der Waals surface area contributed by atoms with Crippen LogP contribution in [0.4, 0.5) is 0 Å². The average molecular weight is 535 g/mol. The third-order valence-electron chi connectivity index (χ3n) is 4.66. The molecule has 2 aliphatic heterocycles. The van der Waals surface area contributed by atoms with Crippen molar-refractivity contribution in [3.63, 3.8) is 0 Å². The standard InChI is InChI=1S/C22H19ClN4O6S2/c1-31-17-12-13(11-16(23)18(17)33-9-8-32-14-6-4-3-5-7-14)10-15-19(24)27-21(25-20(15)28)34-22(26-27)35(2,29)30/h3-7,10-12,24H,8-9H2,1-2H3/b15-10-,24-19?. The van der Waals surface area contributed by atoms with E-state index in [0.29, 0.717) is 34.6 Å². The fourth-order valence-electron chi connectivity index (χ4n) is 3.07. The Kier molecular flexibility index (Phi) is 7.15. The fourth-order valence-corrected chi connectivity index (χ4v) is 5.03. The van der Waals surface area contributed by atoms with Gasteiger partial charge in [-0.15, -0.1) is 5.10 Å². The van der Waals surface area contributed by atoms with Crippen LogP contribution in [0.25, 0.3) is 6.08 Å². The van der Waals surface area contributed by atoms with Gasteiger partial charge in [0.05, 0.1) is 17.7 Å². The molecule has 10 nitrogen and oxygen atoms in total. The highest BCUT2D eigenvalue weighted by molar-refractivity contribution is 8.42. The van der Waals surface area contributed by atoms with Crippen molar-refractivity contribution in [2.24, 2.45) is 10.1 Å². The predicted molar refractivity (Wildman–Crippen MR) is 135 cm³/mol. The smallest absolute Gasteiger partial charge is 0.283 e. The summed E-state index contributed by atoms with van der Waals surface area (Å²) in [4.78, 5) is 16.4. The van der Waals surface area contributed by atoms with Gasteiger partial charge in [-0.25, -0.2) is 8.42 Å². The molecule has 2 aliphatic rings. The summed E-state index contributed by atoms with van der Waals surface area (Å²) in [6, 6.07) is 12.4. The zero-order valence-corrected chi connectivity index (χ0v) is 20.9. The first kappa shape index (κ1) is 24.8. The van der Waals surface area contributed by atoms with E-state index in [1.54, 1.807) is 12.1 Å². The molecule has 0 saturated carbocycles. The second kappa shape index (κ2) is 10.1. The van der Waals surface area contributed by atoms with Gasteiger partial charge in [-0.3, -0.25) is 10.2 Å². The quantitative estimate of drug-likeness (QED) is 0.422. The average Bonchev–Trinajstić information content (AvgIpc) is 3.25. The minimum atomic E-state index is -3.62. The van der Waals surface area contributed by atoms with E-state index in [1.165, 1.54) is 13.2 Å². The normalized spacial score (nSPS) is 16.7. The number of fused-ring (bicyclic) bond motifs is 1. The first-order valence-electron chi connectivity index (χ1n) is 10.1. The highest BCUT2D eigenvalue weighted by Gasteiger charge is 2.38. The number of thioether (sulfide) groups is 1. The summed E-state index contributed by atoms with van der Waals surface area (Å²) in [5, 5.41) is 13.5. The lowest BCUT2D eigenvalue weighted by molar-refractivity contribution is -0.114. The fraction of sp³-hybridized carbons (Fsp3) is 0.182. The number of benzene rings is 2. The van der Waals surface area contributed by atoms with Crippen LogP contribution in [0.15, 0.2) is 58.1 Å². The molecular formula is C22H19ClN4O6S2. The van der Waals surface area contributed by atoms with Crippen molar-refractivity contribution in [3.8, 4) is 17.2 Å². The summed E-state index contributed by atoms with van der Waals surface area (Å²) in [6.07, 6.45) is 2.39. The zero-order valence-electron chi connectivity index (χ0n) is 18.5. The van der Waals surface area contributed by atoms with Gasteiger partial charge in [0.2, 0.25) is 19.4 Å². The number of halogens is 1. The van der Waals surface area contributed by atoms with E-state index in [4.69, 9.17) is 31.2 Å².